The number of methoxy groups -OCH3 is 1. The molecule has 3 aromatic rings. The molecule has 138 valence electrons. The Hall–Kier alpha value is -2.56. The zero-order chi connectivity index (χ0) is 19.2. The van der Waals surface area contributed by atoms with Crippen molar-refractivity contribution >= 4 is 5.52 Å². The summed E-state index contributed by atoms with van der Waals surface area (Å²) in [7, 11) is 1.67. The molecule has 2 heterocycles. The molecule has 0 atom stereocenters. The predicted molar refractivity (Wildman–Crippen MR) is 105 cm³/mol. The molecule has 0 aliphatic heterocycles. The monoisotopic (exact) mass is 353 g/mol. The van der Waals surface area contributed by atoms with Crippen LogP contribution < -0.4 is 10.3 Å². The lowest BCUT2D eigenvalue weighted by molar-refractivity contribution is 0.411. The molecule has 2 aromatic heterocycles. The maximum Gasteiger partial charge on any atom is 0.278 e. The highest BCUT2D eigenvalue weighted by molar-refractivity contribution is 5.66. The van der Waals surface area contributed by atoms with Gasteiger partial charge < -0.3 is 4.74 Å². The summed E-state index contributed by atoms with van der Waals surface area (Å²) in [5.74, 6) is 1.81. The van der Waals surface area contributed by atoms with Gasteiger partial charge in [-0.15, -0.1) is 5.10 Å². The quantitative estimate of drug-likeness (QED) is 0.705. The van der Waals surface area contributed by atoms with Crippen molar-refractivity contribution in [3.63, 3.8) is 0 Å². The van der Waals surface area contributed by atoms with Crippen LogP contribution in [0.2, 0.25) is 0 Å². The molecule has 0 N–H and O–H groups in total. The molecule has 1 aromatic carbocycles. The fraction of sp³-hybridized carbons (Fsp3) is 0.429. The summed E-state index contributed by atoms with van der Waals surface area (Å²) in [5.41, 5.74) is 5.76. The molecule has 0 spiro atoms. The van der Waals surface area contributed by atoms with Crippen molar-refractivity contribution in [2.24, 2.45) is 0 Å². The Morgan fingerprint density at radius 3 is 2.38 bits per heavy atom. The third-order valence-electron chi connectivity index (χ3n) is 5.00. The standard InChI is InChI=1S/C21H27N3O2/c1-8-23-20(17-9-14(5)18(26-7)10-13(17)4)22-24-15(6)11-16(12(2)3)19(24)21(23)25/h9-12H,8H2,1-7H3. The molecule has 0 bridgehead atoms. The summed E-state index contributed by atoms with van der Waals surface area (Å²) in [6.45, 7) is 12.8. The van der Waals surface area contributed by atoms with Gasteiger partial charge in [0.2, 0.25) is 0 Å². The Morgan fingerprint density at radius 2 is 1.81 bits per heavy atom. The minimum absolute atomic E-state index is 0.0159. The molecular formula is C21H27N3O2. The van der Waals surface area contributed by atoms with Crippen molar-refractivity contribution in [3.8, 4) is 17.1 Å². The van der Waals surface area contributed by atoms with Crippen molar-refractivity contribution < 1.29 is 4.74 Å². The van der Waals surface area contributed by atoms with E-state index in [1.54, 1.807) is 16.2 Å². The number of benzene rings is 1. The normalized spacial score (nSPS) is 11.5. The first-order chi connectivity index (χ1) is 12.3. The van der Waals surface area contributed by atoms with Crippen LogP contribution in [0.1, 0.15) is 49.1 Å². The second-order valence-electron chi connectivity index (χ2n) is 7.17. The van der Waals surface area contributed by atoms with Crippen molar-refractivity contribution in [1.29, 1.82) is 0 Å². The number of hydrogen-bond acceptors (Lipinski definition) is 3. The lowest BCUT2D eigenvalue weighted by Gasteiger charge is -2.16. The van der Waals surface area contributed by atoms with Crippen LogP contribution in [0.5, 0.6) is 5.75 Å². The maximum atomic E-state index is 13.3. The smallest absolute Gasteiger partial charge is 0.278 e. The number of aromatic nitrogens is 3. The first kappa shape index (κ1) is 18.2. The third-order valence-corrected chi connectivity index (χ3v) is 5.00. The van der Waals surface area contributed by atoms with Gasteiger partial charge in [-0.1, -0.05) is 13.8 Å². The van der Waals surface area contributed by atoms with E-state index < -0.39 is 0 Å². The summed E-state index contributed by atoms with van der Waals surface area (Å²) in [4.78, 5) is 13.3. The van der Waals surface area contributed by atoms with Crippen LogP contribution in [0.3, 0.4) is 0 Å². The van der Waals surface area contributed by atoms with Gasteiger partial charge in [-0.05, 0) is 68.5 Å². The highest BCUT2D eigenvalue weighted by atomic mass is 16.5. The topological polar surface area (TPSA) is 48.5 Å². The Kier molecular flexibility index (Phi) is 4.65. The molecule has 0 fully saturated rings. The van der Waals surface area contributed by atoms with E-state index in [0.29, 0.717) is 17.9 Å². The molecule has 5 heteroatoms. The number of ether oxygens (including phenoxy) is 1. The van der Waals surface area contributed by atoms with E-state index in [9.17, 15) is 4.79 Å². The summed E-state index contributed by atoms with van der Waals surface area (Å²) in [5, 5.41) is 4.88. The predicted octanol–water partition coefficient (Wildman–Crippen LogP) is 4.24. The molecule has 0 aliphatic rings. The summed E-state index contributed by atoms with van der Waals surface area (Å²) < 4.78 is 9.00. The number of rotatable bonds is 4. The first-order valence-corrected chi connectivity index (χ1v) is 9.08. The summed E-state index contributed by atoms with van der Waals surface area (Å²) in [6, 6.07) is 6.13. The summed E-state index contributed by atoms with van der Waals surface area (Å²) >= 11 is 0. The SMILES string of the molecule is CCn1c(-c2cc(C)c(OC)cc2C)nn2c(C)cc(C(C)C)c2c1=O. The largest absolute Gasteiger partial charge is 0.496 e. The van der Waals surface area contributed by atoms with Gasteiger partial charge in [-0.3, -0.25) is 9.36 Å². The van der Waals surface area contributed by atoms with E-state index in [0.717, 1.165) is 33.7 Å². The van der Waals surface area contributed by atoms with Gasteiger partial charge >= 0.3 is 0 Å². The second kappa shape index (κ2) is 6.63. The van der Waals surface area contributed by atoms with Gasteiger partial charge in [0.05, 0.1) is 7.11 Å². The molecular weight excluding hydrogens is 326 g/mol. The number of fused-ring (bicyclic) bond motifs is 1. The molecule has 26 heavy (non-hydrogen) atoms. The molecule has 0 unspecified atom stereocenters. The van der Waals surface area contributed by atoms with Crippen molar-refractivity contribution in [2.75, 3.05) is 7.11 Å². The van der Waals surface area contributed by atoms with Crippen LogP contribution in [0.25, 0.3) is 16.9 Å². The maximum absolute atomic E-state index is 13.3. The van der Waals surface area contributed by atoms with Crippen molar-refractivity contribution in [2.45, 2.75) is 54.0 Å². The van der Waals surface area contributed by atoms with Gasteiger partial charge in [0.15, 0.2) is 5.82 Å². The first-order valence-electron chi connectivity index (χ1n) is 9.08. The van der Waals surface area contributed by atoms with Crippen molar-refractivity contribution in [3.05, 3.63) is 50.9 Å². The Bertz CT molecular complexity index is 1040. The van der Waals surface area contributed by atoms with Crippen LogP contribution in [0.4, 0.5) is 0 Å². The van der Waals surface area contributed by atoms with Crippen LogP contribution in [0, 0.1) is 20.8 Å². The van der Waals surface area contributed by atoms with Gasteiger partial charge in [0, 0.05) is 17.8 Å². The highest BCUT2D eigenvalue weighted by Gasteiger charge is 2.20. The minimum Gasteiger partial charge on any atom is -0.496 e. The molecule has 3 rings (SSSR count). The zero-order valence-corrected chi connectivity index (χ0v) is 16.7. The fourth-order valence-electron chi connectivity index (χ4n) is 3.55. The van der Waals surface area contributed by atoms with Gasteiger partial charge in [0.25, 0.3) is 5.56 Å². The lowest BCUT2D eigenvalue weighted by atomic mass is 10.0. The molecule has 0 saturated heterocycles. The fourth-order valence-corrected chi connectivity index (χ4v) is 3.55. The minimum atomic E-state index is 0.0159. The molecule has 0 aliphatic carbocycles. The number of nitrogens with zero attached hydrogens (tertiary/aromatic N) is 3. The molecule has 5 nitrogen and oxygen atoms in total. The number of hydrogen-bond donors (Lipinski definition) is 0. The summed E-state index contributed by atoms with van der Waals surface area (Å²) in [6.07, 6.45) is 0. The molecule has 0 saturated carbocycles. The van der Waals surface area contributed by atoms with Gasteiger partial charge in [-0.2, -0.15) is 0 Å². The van der Waals surface area contributed by atoms with E-state index in [1.807, 2.05) is 33.8 Å². The molecule has 0 amide bonds. The van der Waals surface area contributed by atoms with Gasteiger partial charge in [0.1, 0.15) is 11.3 Å². The van der Waals surface area contributed by atoms with E-state index >= 15 is 0 Å². The van der Waals surface area contributed by atoms with E-state index in [1.165, 1.54) is 0 Å². The zero-order valence-electron chi connectivity index (χ0n) is 16.7. The average molecular weight is 353 g/mol. The third kappa shape index (κ3) is 2.71. The van der Waals surface area contributed by atoms with Crippen LogP contribution >= 0.6 is 0 Å². The molecule has 0 radical (unpaired) electrons. The van der Waals surface area contributed by atoms with E-state index in [2.05, 4.69) is 26.0 Å². The average Bonchev–Trinajstić information content (AvgIpc) is 2.94. The Balaban J connectivity index is 2.40. The van der Waals surface area contributed by atoms with Crippen LogP contribution in [-0.4, -0.2) is 21.3 Å². The van der Waals surface area contributed by atoms with Crippen molar-refractivity contribution in [1.82, 2.24) is 14.2 Å². The van der Waals surface area contributed by atoms with E-state index in [-0.39, 0.29) is 11.5 Å². The van der Waals surface area contributed by atoms with E-state index in [4.69, 9.17) is 9.84 Å². The Labute approximate surface area is 154 Å². The number of aryl methyl sites for hydroxylation is 3. The lowest BCUT2D eigenvalue weighted by Crippen LogP contribution is -2.26. The highest BCUT2D eigenvalue weighted by Crippen LogP contribution is 2.30. The van der Waals surface area contributed by atoms with Gasteiger partial charge in [-0.25, -0.2) is 4.52 Å². The second-order valence-corrected chi connectivity index (χ2v) is 7.17. The Morgan fingerprint density at radius 1 is 1.12 bits per heavy atom. The van der Waals surface area contributed by atoms with Crippen LogP contribution in [-0.2, 0) is 6.54 Å². The van der Waals surface area contributed by atoms with Crippen LogP contribution in [0.15, 0.2) is 23.0 Å².